The molecule has 4 rings (SSSR count). The van der Waals surface area contributed by atoms with Gasteiger partial charge in [-0.25, -0.2) is 0 Å². The van der Waals surface area contributed by atoms with Crippen LogP contribution in [0.15, 0.2) is 48.5 Å². The van der Waals surface area contributed by atoms with Gasteiger partial charge >= 0.3 is 0 Å². The van der Waals surface area contributed by atoms with Crippen LogP contribution in [0.5, 0.6) is 5.75 Å². The number of carbonyl (C=O) groups is 2. The predicted octanol–water partition coefficient (Wildman–Crippen LogP) is 4.52. The zero-order valence-electron chi connectivity index (χ0n) is 24.1. The first-order chi connectivity index (χ1) is 18.7. The highest BCUT2D eigenvalue weighted by Gasteiger charge is 2.39. The van der Waals surface area contributed by atoms with Crippen molar-refractivity contribution in [2.45, 2.75) is 90.0 Å². The van der Waals surface area contributed by atoms with E-state index in [9.17, 15) is 9.59 Å². The lowest BCUT2D eigenvalue weighted by molar-refractivity contribution is -0.128. The van der Waals surface area contributed by atoms with Gasteiger partial charge in [-0.15, -0.1) is 0 Å². The number of piperidine rings is 1. The molecule has 0 aromatic heterocycles. The second kappa shape index (κ2) is 13.4. The Morgan fingerprint density at radius 1 is 1.08 bits per heavy atom. The fourth-order valence-electron chi connectivity index (χ4n) is 5.99. The number of ether oxygens (including phenoxy) is 1. The highest BCUT2D eigenvalue weighted by atomic mass is 16.5. The first-order valence-electron chi connectivity index (χ1n) is 14.5. The van der Waals surface area contributed by atoms with Crippen molar-refractivity contribution in [1.29, 1.82) is 0 Å². The van der Waals surface area contributed by atoms with Crippen LogP contribution in [0.4, 0.5) is 0 Å². The molecule has 1 aliphatic carbocycles. The summed E-state index contributed by atoms with van der Waals surface area (Å²) in [6.07, 6.45) is 5.06. The molecule has 3 N–H and O–H groups in total. The Morgan fingerprint density at radius 2 is 1.79 bits per heavy atom. The van der Waals surface area contributed by atoms with Crippen LogP contribution in [0.3, 0.4) is 0 Å². The van der Waals surface area contributed by atoms with E-state index in [4.69, 9.17) is 10.5 Å². The lowest BCUT2D eigenvalue weighted by Gasteiger charge is -2.44. The van der Waals surface area contributed by atoms with Crippen molar-refractivity contribution in [3.05, 3.63) is 65.2 Å². The molecule has 2 atom stereocenters. The van der Waals surface area contributed by atoms with Gasteiger partial charge in [0.15, 0.2) is 0 Å². The molecule has 2 aliphatic rings. The Kier molecular flexibility index (Phi) is 10.0. The first-order valence-corrected chi connectivity index (χ1v) is 14.5. The molecule has 2 amide bonds. The lowest BCUT2D eigenvalue weighted by Crippen LogP contribution is -2.58. The van der Waals surface area contributed by atoms with E-state index in [2.05, 4.69) is 55.3 Å². The van der Waals surface area contributed by atoms with E-state index < -0.39 is 6.04 Å². The van der Waals surface area contributed by atoms with Gasteiger partial charge in [-0.3, -0.25) is 14.5 Å². The Labute approximate surface area is 234 Å². The van der Waals surface area contributed by atoms with Gasteiger partial charge in [0.05, 0.1) is 7.11 Å². The number of nitrogens with two attached hydrogens (primary N) is 1. The zero-order valence-corrected chi connectivity index (χ0v) is 24.1. The summed E-state index contributed by atoms with van der Waals surface area (Å²) in [5.41, 5.74) is 9.17. The Bertz CT molecular complexity index is 1090. The molecule has 39 heavy (non-hydrogen) atoms. The second-order valence-electron chi connectivity index (χ2n) is 11.9. The number of likely N-dealkylation sites (tertiary alicyclic amines) is 1. The van der Waals surface area contributed by atoms with Crippen molar-refractivity contribution in [2.24, 2.45) is 11.7 Å². The van der Waals surface area contributed by atoms with Crippen molar-refractivity contribution in [1.82, 2.24) is 15.1 Å². The number of rotatable bonds is 9. The summed E-state index contributed by atoms with van der Waals surface area (Å²) < 4.78 is 5.36. The monoisotopic (exact) mass is 534 g/mol. The molecule has 7 nitrogen and oxygen atoms in total. The van der Waals surface area contributed by atoms with Crippen molar-refractivity contribution >= 4 is 11.8 Å². The van der Waals surface area contributed by atoms with Crippen LogP contribution in [-0.4, -0.2) is 66.0 Å². The van der Waals surface area contributed by atoms with Gasteiger partial charge in [-0.05, 0) is 75.1 Å². The average molecular weight is 535 g/mol. The third-order valence-corrected chi connectivity index (χ3v) is 8.20. The summed E-state index contributed by atoms with van der Waals surface area (Å²) >= 11 is 0. The summed E-state index contributed by atoms with van der Waals surface area (Å²) in [5, 5.41) is 3.29. The van der Waals surface area contributed by atoms with Crippen molar-refractivity contribution in [3.8, 4) is 5.75 Å². The van der Waals surface area contributed by atoms with Gasteiger partial charge in [0.1, 0.15) is 11.8 Å². The highest BCUT2D eigenvalue weighted by Crippen LogP contribution is 2.28. The SMILES string of the molecule is COc1cccc(C(=O)N2CCC(N(Cc3ccc(C)cc3)CC(C)C)C[C@@H]2C(=O)NC2CCC(N)CC2)c1. The van der Waals surface area contributed by atoms with Crippen LogP contribution in [0.25, 0.3) is 0 Å². The molecule has 0 bridgehead atoms. The predicted molar refractivity (Wildman–Crippen MR) is 156 cm³/mol. The molecule has 2 fully saturated rings. The van der Waals surface area contributed by atoms with Crippen molar-refractivity contribution in [3.63, 3.8) is 0 Å². The van der Waals surface area contributed by atoms with Crippen LogP contribution >= 0.6 is 0 Å². The molecule has 2 aromatic carbocycles. The topological polar surface area (TPSA) is 87.9 Å². The lowest BCUT2D eigenvalue weighted by atomic mass is 9.90. The molecule has 212 valence electrons. The molecule has 1 unspecified atom stereocenters. The van der Waals surface area contributed by atoms with Crippen LogP contribution < -0.4 is 15.8 Å². The number of nitrogens with one attached hydrogen (secondary N) is 1. The molecular weight excluding hydrogens is 488 g/mol. The minimum Gasteiger partial charge on any atom is -0.497 e. The van der Waals surface area contributed by atoms with E-state index in [1.165, 1.54) is 11.1 Å². The Hall–Kier alpha value is -2.90. The highest BCUT2D eigenvalue weighted by molar-refractivity contribution is 5.98. The van der Waals surface area contributed by atoms with Crippen LogP contribution in [-0.2, 0) is 11.3 Å². The molecule has 1 aliphatic heterocycles. The molecule has 1 heterocycles. The minimum atomic E-state index is -0.522. The number of aryl methyl sites for hydroxylation is 1. The van der Waals surface area contributed by atoms with E-state index in [0.717, 1.165) is 45.2 Å². The van der Waals surface area contributed by atoms with E-state index in [0.29, 0.717) is 30.2 Å². The number of benzene rings is 2. The summed E-state index contributed by atoms with van der Waals surface area (Å²) in [6.45, 7) is 8.90. The maximum Gasteiger partial charge on any atom is 0.254 e. The smallest absolute Gasteiger partial charge is 0.254 e. The maximum atomic E-state index is 13.8. The minimum absolute atomic E-state index is 0.0451. The van der Waals surface area contributed by atoms with E-state index >= 15 is 0 Å². The van der Waals surface area contributed by atoms with Crippen molar-refractivity contribution < 1.29 is 14.3 Å². The molecule has 2 aromatic rings. The normalized spacial score (nSPS) is 23.6. The Balaban J connectivity index is 1.56. The standard InChI is InChI=1S/C32H46N4O3/c1-22(2)20-35(21-24-10-8-23(3)9-11-24)28-16-17-36(32(38)25-6-5-7-29(18-25)39-4)30(19-28)31(37)34-27-14-12-26(33)13-15-27/h5-11,18,22,26-28,30H,12-17,19-21,33H2,1-4H3,(H,34,37)/t26?,27?,28?,30-/m1/s1. The van der Waals surface area contributed by atoms with Gasteiger partial charge in [0.25, 0.3) is 5.91 Å². The van der Waals surface area contributed by atoms with Gasteiger partial charge in [-0.1, -0.05) is 49.7 Å². The number of hydrogen-bond acceptors (Lipinski definition) is 5. The third-order valence-electron chi connectivity index (χ3n) is 8.20. The van der Waals surface area contributed by atoms with Gasteiger partial charge in [-0.2, -0.15) is 0 Å². The van der Waals surface area contributed by atoms with Crippen LogP contribution in [0.1, 0.15) is 73.9 Å². The number of hydrogen-bond donors (Lipinski definition) is 2. The molecule has 1 saturated carbocycles. The van der Waals surface area contributed by atoms with E-state index in [1.54, 1.807) is 24.1 Å². The van der Waals surface area contributed by atoms with E-state index in [-0.39, 0.29) is 29.9 Å². The summed E-state index contributed by atoms with van der Waals surface area (Å²) in [5.74, 6) is 0.963. The van der Waals surface area contributed by atoms with Crippen LogP contribution in [0, 0.1) is 12.8 Å². The Morgan fingerprint density at radius 3 is 2.46 bits per heavy atom. The van der Waals surface area contributed by atoms with E-state index in [1.807, 2.05) is 12.1 Å². The number of amides is 2. The van der Waals surface area contributed by atoms with Gasteiger partial charge in [0.2, 0.25) is 5.91 Å². The van der Waals surface area contributed by atoms with Gasteiger partial charge < -0.3 is 20.7 Å². The largest absolute Gasteiger partial charge is 0.497 e. The van der Waals surface area contributed by atoms with Crippen LogP contribution in [0.2, 0.25) is 0 Å². The van der Waals surface area contributed by atoms with Crippen molar-refractivity contribution in [2.75, 3.05) is 20.2 Å². The summed E-state index contributed by atoms with van der Waals surface area (Å²) in [6, 6.07) is 15.9. The molecule has 1 saturated heterocycles. The van der Waals surface area contributed by atoms with Gasteiger partial charge in [0, 0.05) is 43.3 Å². The number of methoxy groups -OCH3 is 1. The zero-order chi connectivity index (χ0) is 27.9. The molecule has 0 spiro atoms. The fourth-order valence-corrected chi connectivity index (χ4v) is 5.99. The second-order valence-corrected chi connectivity index (χ2v) is 11.9. The maximum absolute atomic E-state index is 13.8. The number of nitrogens with zero attached hydrogens (tertiary/aromatic N) is 2. The first kappa shape index (κ1) is 29.1. The quantitative estimate of drug-likeness (QED) is 0.494. The number of carbonyl (C=O) groups excluding carboxylic acids is 2. The third kappa shape index (κ3) is 7.83. The average Bonchev–Trinajstić information content (AvgIpc) is 2.94. The fraction of sp³-hybridized carbons (Fsp3) is 0.562. The molecule has 0 radical (unpaired) electrons. The summed E-state index contributed by atoms with van der Waals surface area (Å²) in [4.78, 5) is 31.9. The summed E-state index contributed by atoms with van der Waals surface area (Å²) in [7, 11) is 1.60. The molecule has 7 heteroatoms. The molecular formula is C32H46N4O3.